The molecule has 0 spiro atoms. The second-order valence-electron chi connectivity index (χ2n) is 3.18. The summed E-state index contributed by atoms with van der Waals surface area (Å²) < 4.78 is 0. The second kappa shape index (κ2) is 5.39. The van der Waals surface area contributed by atoms with Crippen molar-refractivity contribution in [3.63, 3.8) is 0 Å². The molecule has 1 aromatic heterocycles. The van der Waals surface area contributed by atoms with Crippen LogP contribution in [0.25, 0.3) is 0 Å². The average Bonchev–Trinajstić information content (AvgIpc) is 2.51. The van der Waals surface area contributed by atoms with Gasteiger partial charge in [0.15, 0.2) is 0 Å². The van der Waals surface area contributed by atoms with Crippen molar-refractivity contribution in [1.82, 2.24) is 20.8 Å². The summed E-state index contributed by atoms with van der Waals surface area (Å²) in [7, 11) is 0. The number of aromatic amines is 1. The quantitative estimate of drug-likeness (QED) is 0.578. The van der Waals surface area contributed by atoms with Crippen molar-refractivity contribution >= 4 is 5.91 Å². The van der Waals surface area contributed by atoms with Gasteiger partial charge in [-0.05, 0) is 6.92 Å². The maximum absolute atomic E-state index is 10.5. The molecule has 1 amide bonds. The summed E-state index contributed by atoms with van der Waals surface area (Å²) in [6.45, 7) is 5.70. The van der Waals surface area contributed by atoms with E-state index in [1.54, 1.807) is 6.20 Å². The first-order valence-electron chi connectivity index (χ1n) is 4.64. The minimum atomic E-state index is 0.00583. The van der Waals surface area contributed by atoms with Crippen LogP contribution < -0.4 is 10.6 Å². The van der Waals surface area contributed by atoms with Gasteiger partial charge in [-0.1, -0.05) is 0 Å². The molecule has 1 aromatic rings. The fraction of sp³-hybridized carbons (Fsp3) is 0.556. The summed E-state index contributed by atoms with van der Waals surface area (Å²) in [5.74, 6) is 0.00583. The normalized spacial score (nSPS) is 10.1. The Labute approximate surface area is 83.3 Å². The Morgan fingerprint density at radius 3 is 2.93 bits per heavy atom. The maximum atomic E-state index is 10.5. The highest BCUT2D eigenvalue weighted by Gasteiger charge is 1.98. The number of H-pyrrole nitrogens is 1. The van der Waals surface area contributed by atoms with Gasteiger partial charge < -0.3 is 10.6 Å². The van der Waals surface area contributed by atoms with E-state index in [0.29, 0.717) is 6.54 Å². The molecule has 3 N–H and O–H groups in total. The number of hydrogen-bond acceptors (Lipinski definition) is 3. The summed E-state index contributed by atoms with van der Waals surface area (Å²) in [4.78, 5) is 10.5. The summed E-state index contributed by atoms with van der Waals surface area (Å²) in [5, 5.41) is 12.7. The lowest BCUT2D eigenvalue weighted by Gasteiger charge is -2.04. The van der Waals surface area contributed by atoms with Crippen LogP contribution in [0.2, 0.25) is 0 Å². The molecule has 0 fully saturated rings. The number of carbonyl (C=O) groups excluding carboxylic acids is 1. The van der Waals surface area contributed by atoms with Gasteiger partial charge in [0.25, 0.3) is 0 Å². The van der Waals surface area contributed by atoms with E-state index in [2.05, 4.69) is 20.8 Å². The third kappa shape index (κ3) is 3.57. The molecule has 0 saturated heterocycles. The van der Waals surface area contributed by atoms with Gasteiger partial charge in [-0.25, -0.2) is 0 Å². The van der Waals surface area contributed by atoms with Gasteiger partial charge in [0.05, 0.1) is 6.20 Å². The number of hydrogen-bond donors (Lipinski definition) is 3. The molecule has 0 aliphatic rings. The highest BCUT2D eigenvalue weighted by Crippen LogP contribution is 2.00. The number of aryl methyl sites for hydroxylation is 1. The van der Waals surface area contributed by atoms with E-state index in [4.69, 9.17) is 0 Å². The van der Waals surface area contributed by atoms with Crippen molar-refractivity contribution in [3.8, 4) is 0 Å². The highest BCUT2D eigenvalue weighted by atomic mass is 16.1. The zero-order valence-corrected chi connectivity index (χ0v) is 8.55. The molecule has 0 aromatic carbocycles. The lowest BCUT2D eigenvalue weighted by molar-refractivity contribution is -0.118. The van der Waals surface area contributed by atoms with E-state index in [-0.39, 0.29) is 5.91 Å². The molecule has 0 saturated carbocycles. The Balaban J connectivity index is 2.10. The molecule has 1 rings (SSSR count). The van der Waals surface area contributed by atoms with Crippen molar-refractivity contribution in [1.29, 1.82) is 0 Å². The molecule has 0 bridgehead atoms. The summed E-state index contributed by atoms with van der Waals surface area (Å²) in [6, 6.07) is 0. The third-order valence-electron chi connectivity index (χ3n) is 1.93. The molecule has 0 aliphatic heterocycles. The van der Waals surface area contributed by atoms with E-state index in [0.717, 1.165) is 24.3 Å². The summed E-state index contributed by atoms with van der Waals surface area (Å²) in [5.41, 5.74) is 2.24. The summed E-state index contributed by atoms with van der Waals surface area (Å²) in [6.07, 6.45) is 1.81. The van der Waals surface area contributed by atoms with Crippen LogP contribution in [0.5, 0.6) is 0 Å². The van der Waals surface area contributed by atoms with Gasteiger partial charge in [0, 0.05) is 37.8 Å². The first-order valence-corrected chi connectivity index (χ1v) is 4.64. The SMILES string of the molecule is CC(=O)NCCNCc1cn[nH]c1C. The Bertz CT molecular complexity index is 295. The predicted molar refractivity (Wildman–Crippen MR) is 53.7 cm³/mol. The number of aromatic nitrogens is 2. The van der Waals surface area contributed by atoms with Crippen LogP contribution in [0.1, 0.15) is 18.2 Å². The van der Waals surface area contributed by atoms with Crippen LogP contribution in [-0.4, -0.2) is 29.2 Å². The van der Waals surface area contributed by atoms with E-state index in [1.807, 2.05) is 6.92 Å². The van der Waals surface area contributed by atoms with E-state index < -0.39 is 0 Å². The van der Waals surface area contributed by atoms with Crippen molar-refractivity contribution in [3.05, 3.63) is 17.5 Å². The molecule has 0 unspecified atom stereocenters. The monoisotopic (exact) mass is 196 g/mol. The predicted octanol–water partition coefficient (Wildman–Crippen LogP) is -0.0562. The number of nitrogens with one attached hydrogen (secondary N) is 3. The highest BCUT2D eigenvalue weighted by molar-refractivity contribution is 5.72. The van der Waals surface area contributed by atoms with Crippen LogP contribution in [0.4, 0.5) is 0 Å². The van der Waals surface area contributed by atoms with Gasteiger partial charge in [-0.15, -0.1) is 0 Å². The molecular formula is C9H16N4O. The minimum absolute atomic E-state index is 0.00583. The number of rotatable bonds is 5. The molecule has 0 atom stereocenters. The van der Waals surface area contributed by atoms with Gasteiger partial charge >= 0.3 is 0 Å². The molecule has 5 heteroatoms. The van der Waals surface area contributed by atoms with Crippen molar-refractivity contribution in [2.75, 3.05) is 13.1 Å². The largest absolute Gasteiger partial charge is 0.355 e. The lowest BCUT2D eigenvalue weighted by Crippen LogP contribution is -2.29. The van der Waals surface area contributed by atoms with Crippen molar-refractivity contribution < 1.29 is 4.79 Å². The van der Waals surface area contributed by atoms with Crippen LogP contribution in [-0.2, 0) is 11.3 Å². The van der Waals surface area contributed by atoms with E-state index in [9.17, 15) is 4.79 Å². The Morgan fingerprint density at radius 2 is 2.36 bits per heavy atom. The molecule has 5 nitrogen and oxygen atoms in total. The topological polar surface area (TPSA) is 69.8 Å². The standard InChI is InChI=1S/C9H16N4O/c1-7-9(6-12-13-7)5-10-3-4-11-8(2)14/h6,10H,3-5H2,1-2H3,(H,11,14)(H,12,13). The zero-order chi connectivity index (χ0) is 10.4. The van der Waals surface area contributed by atoms with Crippen molar-refractivity contribution in [2.45, 2.75) is 20.4 Å². The molecule has 0 aliphatic carbocycles. The van der Waals surface area contributed by atoms with Crippen LogP contribution in [0.3, 0.4) is 0 Å². The van der Waals surface area contributed by atoms with E-state index >= 15 is 0 Å². The average molecular weight is 196 g/mol. The molecule has 14 heavy (non-hydrogen) atoms. The Hall–Kier alpha value is -1.36. The summed E-state index contributed by atoms with van der Waals surface area (Å²) >= 11 is 0. The van der Waals surface area contributed by atoms with Gasteiger partial charge in [-0.3, -0.25) is 9.89 Å². The van der Waals surface area contributed by atoms with Gasteiger partial charge in [0.2, 0.25) is 5.91 Å². The van der Waals surface area contributed by atoms with Gasteiger partial charge in [0.1, 0.15) is 0 Å². The third-order valence-corrected chi connectivity index (χ3v) is 1.93. The zero-order valence-electron chi connectivity index (χ0n) is 8.55. The Kier molecular flexibility index (Phi) is 4.12. The van der Waals surface area contributed by atoms with Crippen molar-refractivity contribution in [2.24, 2.45) is 0 Å². The molecule has 0 radical (unpaired) electrons. The maximum Gasteiger partial charge on any atom is 0.216 e. The number of carbonyl (C=O) groups is 1. The fourth-order valence-electron chi connectivity index (χ4n) is 1.10. The van der Waals surface area contributed by atoms with Crippen LogP contribution >= 0.6 is 0 Å². The van der Waals surface area contributed by atoms with Crippen LogP contribution in [0, 0.1) is 6.92 Å². The second-order valence-corrected chi connectivity index (χ2v) is 3.18. The Morgan fingerprint density at radius 1 is 1.57 bits per heavy atom. The first kappa shape index (κ1) is 10.7. The van der Waals surface area contributed by atoms with E-state index in [1.165, 1.54) is 6.92 Å². The first-order chi connectivity index (χ1) is 6.70. The number of nitrogens with zero attached hydrogens (tertiary/aromatic N) is 1. The molecular weight excluding hydrogens is 180 g/mol. The minimum Gasteiger partial charge on any atom is -0.355 e. The van der Waals surface area contributed by atoms with Gasteiger partial charge in [-0.2, -0.15) is 5.10 Å². The number of amides is 1. The molecule has 1 heterocycles. The fourth-order valence-corrected chi connectivity index (χ4v) is 1.10. The smallest absolute Gasteiger partial charge is 0.216 e. The molecule has 78 valence electrons. The lowest BCUT2D eigenvalue weighted by atomic mass is 10.2. The van der Waals surface area contributed by atoms with Crippen LogP contribution in [0.15, 0.2) is 6.20 Å².